The molecule has 0 aliphatic heterocycles. The first-order valence-corrected chi connectivity index (χ1v) is 7.27. The summed E-state index contributed by atoms with van der Waals surface area (Å²) < 4.78 is 23.0. The van der Waals surface area contributed by atoms with Crippen LogP contribution in [0.4, 0.5) is 5.82 Å². The van der Waals surface area contributed by atoms with Crippen molar-refractivity contribution in [2.75, 3.05) is 18.1 Å². The summed E-state index contributed by atoms with van der Waals surface area (Å²) in [4.78, 5) is 4.13. The second-order valence-electron chi connectivity index (χ2n) is 4.33. The quantitative estimate of drug-likeness (QED) is 0.825. The third-order valence-corrected chi connectivity index (χ3v) is 3.70. The number of anilines is 1. The van der Waals surface area contributed by atoms with E-state index < -0.39 is 15.4 Å². The molecule has 5 nitrogen and oxygen atoms in total. The standard InChI is InChI=1S/C11H18N2O3S/c1-4-11(2,14)8-13-10-9(17(3,15)16)6-5-7-12-10/h5-7,14H,4,8H2,1-3H3,(H,12,13). The number of hydrogen-bond donors (Lipinski definition) is 2. The molecule has 0 amide bonds. The zero-order valence-electron chi connectivity index (χ0n) is 10.3. The molecular formula is C11H18N2O3S. The summed E-state index contributed by atoms with van der Waals surface area (Å²) in [5, 5.41) is 12.7. The Balaban J connectivity index is 2.93. The molecule has 1 rings (SSSR count). The summed E-state index contributed by atoms with van der Waals surface area (Å²) in [5.41, 5.74) is -0.883. The second kappa shape index (κ2) is 5.01. The SMILES string of the molecule is CCC(C)(O)CNc1ncccc1S(C)(=O)=O. The number of rotatable bonds is 5. The van der Waals surface area contributed by atoms with Crippen molar-refractivity contribution >= 4 is 15.7 Å². The molecule has 0 saturated carbocycles. The maximum Gasteiger partial charge on any atom is 0.179 e. The monoisotopic (exact) mass is 258 g/mol. The van der Waals surface area contributed by atoms with Crippen molar-refractivity contribution in [1.82, 2.24) is 4.98 Å². The van der Waals surface area contributed by atoms with E-state index in [9.17, 15) is 13.5 Å². The zero-order valence-corrected chi connectivity index (χ0v) is 11.1. The average molecular weight is 258 g/mol. The summed E-state index contributed by atoms with van der Waals surface area (Å²) in [6.07, 6.45) is 3.21. The molecule has 1 heterocycles. The van der Waals surface area contributed by atoms with Gasteiger partial charge in [0.15, 0.2) is 9.84 Å². The van der Waals surface area contributed by atoms with E-state index in [0.717, 1.165) is 6.26 Å². The Labute approximate surface area is 102 Å². The fraction of sp³-hybridized carbons (Fsp3) is 0.545. The second-order valence-corrected chi connectivity index (χ2v) is 6.31. The lowest BCUT2D eigenvalue weighted by Gasteiger charge is -2.22. The molecule has 1 aromatic heterocycles. The Morgan fingerprint density at radius 2 is 2.18 bits per heavy atom. The summed E-state index contributed by atoms with van der Waals surface area (Å²) in [5.74, 6) is 0.281. The first-order chi connectivity index (χ1) is 7.76. The molecule has 6 heteroatoms. The number of nitrogens with one attached hydrogen (secondary N) is 1. The highest BCUT2D eigenvalue weighted by molar-refractivity contribution is 7.90. The molecule has 96 valence electrons. The molecule has 0 fully saturated rings. The number of nitrogens with zero attached hydrogens (tertiary/aromatic N) is 1. The predicted octanol–water partition coefficient (Wildman–Crippen LogP) is 1.06. The van der Waals surface area contributed by atoms with Gasteiger partial charge in [-0.3, -0.25) is 0 Å². The van der Waals surface area contributed by atoms with E-state index in [1.165, 1.54) is 12.3 Å². The molecule has 1 atom stereocenters. The first kappa shape index (κ1) is 13.9. The molecule has 0 radical (unpaired) electrons. The number of aliphatic hydroxyl groups is 1. The molecule has 0 aliphatic carbocycles. The van der Waals surface area contributed by atoms with Crippen molar-refractivity contribution in [2.45, 2.75) is 30.8 Å². The topological polar surface area (TPSA) is 79.3 Å². The van der Waals surface area contributed by atoms with E-state index in [4.69, 9.17) is 0 Å². The predicted molar refractivity (Wildman–Crippen MR) is 66.8 cm³/mol. The van der Waals surface area contributed by atoms with E-state index in [1.54, 1.807) is 13.0 Å². The fourth-order valence-electron chi connectivity index (χ4n) is 1.22. The molecule has 2 N–H and O–H groups in total. The van der Waals surface area contributed by atoms with Crippen LogP contribution in [0.3, 0.4) is 0 Å². The van der Waals surface area contributed by atoms with Gasteiger partial charge < -0.3 is 10.4 Å². The van der Waals surface area contributed by atoms with Gasteiger partial charge in [-0.15, -0.1) is 0 Å². The maximum absolute atomic E-state index is 11.5. The van der Waals surface area contributed by atoms with Crippen LogP contribution in [0, 0.1) is 0 Å². The van der Waals surface area contributed by atoms with Gasteiger partial charge in [0, 0.05) is 19.0 Å². The normalized spacial score (nSPS) is 15.3. The Morgan fingerprint density at radius 3 is 2.71 bits per heavy atom. The molecule has 17 heavy (non-hydrogen) atoms. The van der Waals surface area contributed by atoms with Crippen LogP contribution >= 0.6 is 0 Å². The smallest absolute Gasteiger partial charge is 0.179 e. The molecule has 0 aliphatic rings. The summed E-state index contributed by atoms with van der Waals surface area (Å²) >= 11 is 0. The van der Waals surface area contributed by atoms with Gasteiger partial charge in [-0.25, -0.2) is 13.4 Å². The lowest BCUT2D eigenvalue weighted by atomic mass is 10.0. The van der Waals surface area contributed by atoms with Crippen molar-refractivity contribution in [3.05, 3.63) is 18.3 Å². The maximum atomic E-state index is 11.5. The van der Waals surface area contributed by atoms with Crippen molar-refractivity contribution in [1.29, 1.82) is 0 Å². The highest BCUT2D eigenvalue weighted by Gasteiger charge is 2.20. The van der Waals surface area contributed by atoms with Crippen LogP contribution in [0.25, 0.3) is 0 Å². The molecule has 0 bridgehead atoms. The lowest BCUT2D eigenvalue weighted by molar-refractivity contribution is 0.0696. The van der Waals surface area contributed by atoms with Crippen LogP contribution in [0.1, 0.15) is 20.3 Å². The van der Waals surface area contributed by atoms with E-state index in [2.05, 4.69) is 10.3 Å². The third kappa shape index (κ3) is 3.98. The van der Waals surface area contributed by atoms with E-state index >= 15 is 0 Å². The molecular weight excluding hydrogens is 240 g/mol. The minimum absolute atomic E-state index is 0.145. The van der Waals surface area contributed by atoms with Crippen LogP contribution in [-0.4, -0.2) is 36.9 Å². The number of sulfone groups is 1. The van der Waals surface area contributed by atoms with Gasteiger partial charge in [0.2, 0.25) is 0 Å². The van der Waals surface area contributed by atoms with Crippen LogP contribution < -0.4 is 5.32 Å². The summed E-state index contributed by atoms with van der Waals surface area (Å²) in [7, 11) is -3.31. The number of hydrogen-bond acceptors (Lipinski definition) is 5. The highest BCUT2D eigenvalue weighted by Crippen LogP contribution is 2.19. The molecule has 0 saturated heterocycles. The van der Waals surface area contributed by atoms with Crippen molar-refractivity contribution in [3.8, 4) is 0 Å². The molecule has 1 aromatic rings. The van der Waals surface area contributed by atoms with Crippen molar-refractivity contribution < 1.29 is 13.5 Å². The van der Waals surface area contributed by atoms with Crippen LogP contribution in [-0.2, 0) is 9.84 Å². The molecule has 0 spiro atoms. The van der Waals surface area contributed by atoms with Gasteiger partial charge in [-0.2, -0.15) is 0 Å². The Bertz CT molecular complexity index is 483. The van der Waals surface area contributed by atoms with E-state index in [-0.39, 0.29) is 17.3 Å². The van der Waals surface area contributed by atoms with Gasteiger partial charge in [-0.1, -0.05) is 6.92 Å². The largest absolute Gasteiger partial charge is 0.388 e. The lowest BCUT2D eigenvalue weighted by Crippen LogP contribution is -2.33. The Morgan fingerprint density at radius 1 is 1.53 bits per heavy atom. The number of pyridine rings is 1. The van der Waals surface area contributed by atoms with Crippen LogP contribution in [0.5, 0.6) is 0 Å². The Kier molecular flexibility index (Phi) is 4.11. The zero-order chi connectivity index (χ0) is 13.1. The average Bonchev–Trinajstić information content (AvgIpc) is 2.26. The minimum atomic E-state index is -3.31. The minimum Gasteiger partial charge on any atom is -0.388 e. The van der Waals surface area contributed by atoms with Gasteiger partial charge in [0.05, 0.1) is 5.60 Å². The third-order valence-electron chi connectivity index (χ3n) is 2.57. The summed E-state index contributed by atoms with van der Waals surface area (Å²) in [6, 6.07) is 3.06. The molecule has 1 unspecified atom stereocenters. The van der Waals surface area contributed by atoms with Gasteiger partial charge in [-0.05, 0) is 25.5 Å². The van der Waals surface area contributed by atoms with E-state index in [0.29, 0.717) is 6.42 Å². The van der Waals surface area contributed by atoms with Crippen LogP contribution in [0.15, 0.2) is 23.2 Å². The van der Waals surface area contributed by atoms with Crippen molar-refractivity contribution in [2.24, 2.45) is 0 Å². The van der Waals surface area contributed by atoms with Crippen LogP contribution in [0.2, 0.25) is 0 Å². The Hall–Kier alpha value is -1.14. The van der Waals surface area contributed by atoms with E-state index in [1.807, 2.05) is 6.92 Å². The molecule has 0 aromatic carbocycles. The van der Waals surface area contributed by atoms with Gasteiger partial charge in [0.25, 0.3) is 0 Å². The highest BCUT2D eigenvalue weighted by atomic mass is 32.2. The first-order valence-electron chi connectivity index (χ1n) is 5.37. The van der Waals surface area contributed by atoms with Gasteiger partial charge >= 0.3 is 0 Å². The number of aromatic nitrogens is 1. The summed E-state index contributed by atoms with van der Waals surface area (Å²) in [6.45, 7) is 3.80. The fourth-order valence-corrected chi connectivity index (χ4v) is 2.02. The van der Waals surface area contributed by atoms with Crippen molar-refractivity contribution in [3.63, 3.8) is 0 Å². The van der Waals surface area contributed by atoms with Gasteiger partial charge in [0.1, 0.15) is 10.7 Å².